The Bertz CT molecular complexity index is 850. The van der Waals surface area contributed by atoms with Crippen LogP contribution in [-0.2, 0) is 6.18 Å². The summed E-state index contributed by atoms with van der Waals surface area (Å²) in [6, 6.07) is 10.4. The summed E-state index contributed by atoms with van der Waals surface area (Å²) in [4.78, 5) is 12.2. The van der Waals surface area contributed by atoms with Gasteiger partial charge in [-0.25, -0.2) is 0 Å². The Kier molecular flexibility index (Phi) is 3.51. The van der Waals surface area contributed by atoms with Gasteiger partial charge in [-0.2, -0.15) is 23.0 Å². The van der Waals surface area contributed by atoms with E-state index in [2.05, 4.69) is 10.3 Å². The van der Waals surface area contributed by atoms with Gasteiger partial charge >= 0.3 is 12.1 Å². The maximum absolute atomic E-state index is 13.2. The van der Waals surface area contributed by atoms with Gasteiger partial charge in [0, 0.05) is 11.6 Å². The molecule has 2 aromatic heterocycles. The maximum atomic E-state index is 13.2. The minimum atomic E-state index is -4.73. The summed E-state index contributed by atoms with van der Waals surface area (Å²) in [6.07, 6.45) is -4.73. The third-order valence-corrected chi connectivity index (χ3v) is 3.10. The molecule has 8 heteroatoms. The number of aromatic nitrogens is 3. The molecular weight excluding hydrogens is 311 g/mol. The summed E-state index contributed by atoms with van der Waals surface area (Å²) >= 11 is 0. The third kappa shape index (κ3) is 2.87. The number of carbonyl (C=O) groups excluding carboxylic acids is 1. The highest BCUT2D eigenvalue weighted by Gasteiger charge is 2.38. The molecule has 0 bridgehead atoms. The molecule has 0 fully saturated rings. The zero-order chi connectivity index (χ0) is 16.6. The summed E-state index contributed by atoms with van der Waals surface area (Å²) in [5.74, 6) is -1.34. The largest absolute Gasteiger partial charge is 0.433 e. The van der Waals surface area contributed by atoms with Crippen LogP contribution in [0.2, 0.25) is 0 Å². The van der Waals surface area contributed by atoms with Crippen molar-refractivity contribution in [1.82, 2.24) is 14.9 Å². The Morgan fingerprint density at radius 1 is 1.17 bits per heavy atom. The van der Waals surface area contributed by atoms with Gasteiger partial charge in [-0.15, -0.1) is 0 Å². The fraction of sp³-hybridized carbons (Fsp3) is 0.133. The SMILES string of the molecule is Cc1cc(C(=O)n2nc(-c3ccccc3)cc2C(F)(F)F)on1. The Morgan fingerprint density at radius 2 is 1.87 bits per heavy atom. The first-order valence-corrected chi connectivity index (χ1v) is 6.57. The van der Waals surface area contributed by atoms with Crippen LogP contribution in [0.3, 0.4) is 0 Å². The van der Waals surface area contributed by atoms with Crippen molar-refractivity contribution >= 4 is 5.91 Å². The minimum absolute atomic E-state index is 0.0440. The van der Waals surface area contributed by atoms with Crippen LogP contribution in [0.4, 0.5) is 13.2 Å². The van der Waals surface area contributed by atoms with Gasteiger partial charge in [0.2, 0.25) is 5.76 Å². The number of halogens is 3. The molecule has 2 heterocycles. The lowest BCUT2D eigenvalue weighted by molar-refractivity contribution is -0.143. The van der Waals surface area contributed by atoms with Crippen molar-refractivity contribution < 1.29 is 22.5 Å². The van der Waals surface area contributed by atoms with Crippen LogP contribution >= 0.6 is 0 Å². The number of hydrogen-bond acceptors (Lipinski definition) is 4. The van der Waals surface area contributed by atoms with E-state index in [9.17, 15) is 18.0 Å². The normalized spacial score (nSPS) is 11.7. The van der Waals surface area contributed by atoms with Crippen LogP contribution in [-0.4, -0.2) is 20.8 Å². The van der Waals surface area contributed by atoms with Crippen LogP contribution < -0.4 is 0 Å². The third-order valence-electron chi connectivity index (χ3n) is 3.10. The Balaban J connectivity index is 2.12. The van der Waals surface area contributed by atoms with E-state index in [-0.39, 0.29) is 11.5 Å². The fourth-order valence-corrected chi connectivity index (χ4v) is 2.06. The zero-order valence-corrected chi connectivity index (χ0v) is 11.8. The molecule has 0 unspecified atom stereocenters. The number of aryl methyl sites for hydroxylation is 1. The lowest BCUT2D eigenvalue weighted by Gasteiger charge is -2.06. The van der Waals surface area contributed by atoms with Crippen molar-refractivity contribution in [1.29, 1.82) is 0 Å². The number of benzene rings is 1. The molecule has 3 rings (SSSR count). The molecule has 0 N–H and O–H groups in total. The summed E-state index contributed by atoms with van der Waals surface area (Å²) in [7, 11) is 0. The molecule has 0 spiro atoms. The number of alkyl halides is 3. The van der Waals surface area contributed by atoms with Crippen LogP contribution in [0.5, 0.6) is 0 Å². The van der Waals surface area contributed by atoms with Crippen molar-refractivity contribution in [2.75, 3.05) is 0 Å². The fourth-order valence-electron chi connectivity index (χ4n) is 2.06. The molecule has 0 saturated carbocycles. The number of nitrogens with zero attached hydrogens (tertiary/aromatic N) is 3. The van der Waals surface area contributed by atoms with Gasteiger partial charge in [0.05, 0.1) is 11.4 Å². The van der Waals surface area contributed by atoms with E-state index < -0.39 is 17.8 Å². The van der Waals surface area contributed by atoms with Crippen molar-refractivity contribution in [3.05, 3.63) is 59.6 Å². The number of hydrogen-bond donors (Lipinski definition) is 0. The molecule has 1 aromatic carbocycles. The lowest BCUT2D eigenvalue weighted by atomic mass is 10.1. The molecule has 0 radical (unpaired) electrons. The number of rotatable bonds is 2. The Labute approximate surface area is 128 Å². The molecule has 0 aliphatic rings. The van der Waals surface area contributed by atoms with E-state index in [1.807, 2.05) is 0 Å². The van der Waals surface area contributed by atoms with Gasteiger partial charge < -0.3 is 4.52 Å². The van der Waals surface area contributed by atoms with Gasteiger partial charge in [-0.05, 0) is 13.0 Å². The smallest absolute Gasteiger partial charge is 0.351 e. The Hall–Kier alpha value is -2.90. The summed E-state index contributed by atoms with van der Waals surface area (Å²) < 4.78 is 44.6. The van der Waals surface area contributed by atoms with Crippen LogP contribution in [0.15, 0.2) is 47.0 Å². The van der Waals surface area contributed by atoms with Gasteiger partial charge in [-0.3, -0.25) is 4.79 Å². The van der Waals surface area contributed by atoms with E-state index in [0.29, 0.717) is 15.9 Å². The van der Waals surface area contributed by atoms with Crippen LogP contribution in [0.1, 0.15) is 21.9 Å². The highest BCUT2D eigenvalue weighted by Crippen LogP contribution is 2.32. The molecular formula is C15H10F3N3O2. The molecule has 118 valence electrons. The van der Waals surface area contributed by atoms with Gasteiger partial charge in [0.15, 0.2) is 5.69 Å². The van der Waals surface area contributed by atoms with Gasteiger partial charge in [-0.1, -0.05) is 35.5 Å². The second-order valence-electron chi connectivity index (χ2n) is 4.83. The van der Waals surface area contributed by atoms with Crippen molar-refractivity contribution in [2.45, 2.75) is 13.1 Å². The van der Waals surface area contributed by atoms with Gasteiger partial charge in [0.25, 0.3) is 0 Å². The average molecular weight is 321 g/mol. The molecule has 3 aromatic rings. The predicted molar refractivity (Wildman–Crippen MR) is 73.6 cm³/mol. The zero-order valence-electron chi connectivity index (χ0n) is 11.8. The second kappa shape index (κ2) is 5.38. The van der Waals surface area contributed by atoms with E-state index in [1.165, 1.54) is 6.07 Å². The molecule has 0 aliphatic heterocycles. The highest BCUT2D eigenvalue weighted by atomic mass is 19.4. The predicted octanol–water partition coefficient (Wildman–Crippen LogP) is 3.55. The molecule has 0 atom stereocenters. The summed E-state index contributed by atoms with van der Waals surface area (Å²) in [5.41, 5.74) is -0.270. The number of carbonyl (C=O) groups is 1. The minimum Gasteiger partial charge on any atom is -0.351 e. The molecule has 0 saturated heterocycles. The average Bonchev–Trinajstić information content (AvgIpc) is 3.13. The topological polar surface area (TPSA) is 60.9 Å². The Morgan fingerprint density at radius 3 is 2.43 bits per heavy atom. The van der Waals surface area contributed by atoms with E-state index in [4.69, 9.17) is 4.52 Å². The first kappa shape index (κ1) is 15.0. The quantitative estimate of drug-likeness (QED) is 0.724. The van der Waals surface area contributed by atoms with E-state index in [0.717, 1.165) is 6.07 Å². The van der Waals surface area contributed by atoms with Crippen LogP contribution in [0, 0.1) is 6.92 Å². The van der Waals surface area contributed by atoms with Crippen molar-refractivity contribution in [3.8, 4) is 11.3 Å². The highest BCUT2D eigenvalue weighted by molar-refractivity contribution is 5.93. The van der Waals surface area contributed by atoms with E-state index >= 15 is 0 Å². The van der Waals surface area contributed by atoms with Crippen LogP contribution in [0.25, 0.3) is 11.3 Å². The summed E-state index contributed by atoms with van der Waals surface area (Å²) in [5, 5.41) is 7.29. The van der Waals surface area contributed by atoms with E-state index in [1.54, 1.807) is 37.3 Å². The molecule has 23 heavy (non-hydrogen) atoms. The maximum Gasteiger partial charge on any atom is 0.433 e. The van der Waals surface area contributed by atoms with Crippen molar-refractivity contribution in [3.63, 3.8) is 0 Å². The molecule has 5 nitrogen and oxygen atoms in total. The summed E-state index contributed by atoms with van der Waals surface area (Å²) in [6.45, 7) is 1.56. The first-order valence-electron chi connectivity index (χ1n) is 6.57. The molecule has 0 aliphatic carbocycles. The lowest BCUT2D eigenvalue weighted by Crippen LogP contribution is -2.21. The van der Waals surface area contributed by atoms with Gasteiger partial charge in [0.1, 0.15) is 0 Å². The second-order valence-corrected chi connectivity index (χ2v) is 4.83. The molecule has 0 amide bonds. The monoisotopic (exact) mass is 321 g/mol. The van der Waals surface area contributed by atoms with Crippen molar-refractivity contribution in [2.24, 2.45) is 0 Å². The first-order chi connectivity index (χ1) is 10.9. The standard InChI is InChI=1S/C15H10F3N3O2/c1-9-7-12(23-20-9)14(22)21-13(15(16,17)18)8-11(19-21)10-5-3-2-4-6-10/h2-8H,1H3.